The van der Waals surface area contributed by atoms with Gasteiger partial charge in [-0.15, -0.1) is 11.3 Å². The summed E-state index contributed by atoms with van der Waals surface area (Å²) in [4.78, 5) is 11.0. The molecule has 1 atom stereocenters. The molecule has 1 rings (SSSR count). The first-order valence-electron chi connectivity index (χ1n) is 5.80. The number of carboxylic acid groups (broad SMARTS) is 1. The van der Waals surface area contributed by atoms with Gasteiger partial charge in [-0.2, -0.15) is 0 Å². The van der Waals surface area contributed by atoms with Crippen LogP contribution in [0.15, 0.2) is 11.0 Å². The molecule has 0 radical (unpaired) electrons. The van der Waals surface area contributed by atoms with Crippen LogP contribution in [0.4, 0.5) is 0 Å². The monoisotopic (exact) mass is 359 g/mol. The highest BCUT2D eigenvalue weighted by molar-refractivity contribution is 7.89. The number of rotatable bonds is 7. The standard InChI is InChI=1S/C11H15Cl2NO4S2/c1-6(2)3-7(11(15)16)5-14-20(17,18)8-4-9(12)19-10(8)13/h4,6-7,14H,3,5H2,1-2H3,(H,15,16). The van der Waals surface area contributed by atoms with E-state index < -0.39 is 21.9 Å². The van der Waals surface area contributed by atoms with Gasteiger partial charge in [0.25, 0.3) is 0 Å². The predicted molar refractivity (Wildman–Crippen MR) is 80.1 cm³/mol. The Morgan fingerprint density at radius 1 is 1.45 bits per heavy atom. The largest absolute Gasteiger partial charge is 0.481 e. The van der Waals surface area contributed by atoms with E-state index in [1.165, 1.54) is 6.07 Å². The maximum atomic E-state index is 12.0. The molecule has 0 saturated heterocycles. The zero-order valence-electron chi connectivity index (χ0n) is 10.9. The van der Waals surface area contributed by atoms with Crippen LogP contribution >= 0.6 is 34.5 Å². The third kappa shape index (κ3) is 4.89. The van der Waals surface area contributed by atoms with E-state index in [1.54, 1.807) is 0 Å². The molecule has 0 saturated carbocycles. The van der Waals surface area contributed by atoms with Gasteiger partial charge in [0.15, 0.2) is 0 Å². The zero-order valence-corrected chi connectivity index (χ0v) is 14.0. The second kappa shape index (κ2) is 7.09. The lowest BCUT2D eigenvalue weighted by atomic mass is 9.98. The lowest BCUT2D eigenvalue weighted by Gasteiger charge is -2.15. The molecular weight excluding hydrogens is 345 g/mol. The van der Waals surface area contributed by atoms with Gasteiger partial charge in [-0.1, -0.05) is 37.0 Å². The van der Waals surface area contributed by atoms with E-state index in [0.29, 0.717) is 6.42 Å². The van der Waals surface area contributed by atoms with Crippen molar-refractivity contribution in [3.63, 3.8) is 0 Å². The van der Waals surface area contributed by atoms with Crippen molar-refractivity contribution in [3.05, 3.63) is 14.7 Å². The number of hydrogen-bond acceptors (Lipinski definition) is 4. The fourth-order valence-electron chi connectivity index (χ4n) is 1.64. The summed E-state index contributed by atoms with van der Waals surface area (Å²) in [6.45, 7) is 3.57. The van der Waals surface area contributed by atoms with Crippen LogP contribution in [0.1, 0.15) is 20.3 Å². The van der Waals surface area contributed by atoms with Crippen LogP contribution in [-0.4, -0.2) is 26.0 Å². The van der Waals surface area contributed by atoms with E-state index in [0.717, 1.165) is 11.3 Å². The molecule has 1 aromatic heterocycles. The first-order chi connectivity index (χ1) is 9.13. The lowest BCUT2D eigenvalue weighted by molar-refractivity contribution is -0.142. The fourth-order valence-corrected chi connectivity index (χ4v) is 4.87. The Kier molecular flexibility index (Phi) is 6.27. The van der Waals surface area contributed by atoms with Gasteiger partial charge >= 0.3 is 5.97 Å². The molecule has 5 nitrogen and oxygen atoms in total. The van der Waals surface area contributed by atoms with Crippen LogP contribution < -0.4 is 4.72 Å². The molecule has 1 heterocycles. The first-order valence-corrected chi connectivity index (χ1v) is 8.86. The molecule has 9 heteroatoms. The molecule has 20 heavy (non-hydrogen) atoms. The van der Waals surface area contributed by atoms with Crippen molar-refractivity contribution in [1.29, 1.82) is 0 Å². The Bertz CT molecular complexity index is 583. The Hall–Kier alpha value is -0.340. The minimum Gasteiger partial charge on any atom is -0.481 e. The molecule has 1 unspecified atom stereocenters. The Labute approximate surface area is 131 Å². The van der Waals surface area contributed by atoms with Gasteiger partial charge in [0.1, 0.15) is 9.23 Å². The first kappa shape index (κ1) is 17.7. The quantitative estimate of drug-likeness (QED) is 0.783. The molecule has 0 fully saturated rings. The van der Waals surface area contributed by atoms with Crippen LogP contribution in [-0.2, 0) is 14.8 Å². The third-order valence-corrected chi connectivity index (χ3v) is 5.72. The highest BCUT2D eigenvalue weighted by Crippen LogP contribution is 2.34. The molecule has 0 bridgehead atoms. The predicted octanol–water partition coefficient (Wildman–Crippen LogP) is 3.08. The summed E-state index contributed by atoms with van der Waals surface area (Å²) in [7, 11) is -3.85. The van der Waals surface area contributed by atoms with Gasteiger partial charge in [0, 0.05) is 6.54 Å². The van der Waals surface area contributed by atoms with E-state index in [4.69, 9.17) is 28.3 Å². The van der Waals surface area contributed by atoms with Crippen molar-refractivity contribution < 1.29 is 18.3 Å². The van der Waals surface area contributed by atoms with E-state index in [2.05, 4.69) is 4.72 Å². The van der Waals surface area contributed by atoms with E-state index in [9.17, 15) is 13.2 Å². The van der Waals surface area contributed by atoms with Gasteiger partial charge in [-0.3, -0.25) is 4.79 Å². The maximum absolute atomic E-state index is 12.0. The number of nitrogens with one attached hydrogen (secondary N) is 1. The van der Waals surface area contributed by atoms with Gasteiger partial charge < -0.3 is 5.11 Å². The number of sulfonamides is 1. The molecule has 0 aliphatic carbocycles. The fraction of sp³-hybridized carbons (Fsp3) is 0.545. The van der Waals surface area contributed by atoms with Gasteiger partial charge in [0.05, 0.1) is 10.3 Å². The highest BCUT2D eigenvalue weighted by atomic mass is 35.5. The number of hydrogen-bond donors (Lipinski definition) is 2. The van der Waals surface area contributed by atoms with Crippen molar-refractivity contribution in [3.8, 4) is 0 Å². The van der Waals surface area contributed by atoms with Gasteiger partial charge in [-0.05, 0) is 18.4 Å². The average Bonchev–Trinajstić information content (AvgIpc) is 2.63. The summed E-state index contributed by atoms with van der Waals surface area (Å²) in [6.07, 6.45) is 0.385. The van der Waals surface area contributed by atoms with E-state index in [-0.39, 0.29) is 26.0 Å². The number of aliphatic carboxylic acids is 1. The SMILES string of the molecule is CC(C)CC(CNS(=O)(=O)c1cc(Cl)sc1Cl)C(=O)O. The summed E-state index contributed by atoms with van der Waals surface area (Å²) in [6, 6.07) is 1.25. The minimum absolute atomic E-state index is 0.0539. The van der Waals surface area contributed by atoms with Crippen molar-refractivity contribution in [1.82, 2.24) is 4.72 Å². The Balaban J connectivity index is 2.81. The second-order valence-corrected chi connectivity index (χ2v) is 8.73. The normalized spacial score (nSPS) is 13.7. The average molecular weight is 360 g/mol. The number of thiophene rings is 1. The summed E-state index contributed by atoms with van der Waals surface area (Å²) in [5.41, 5.74) is 0. The number of carboxylic acids is 1. The molecule has 1 aromatic rings. The van der Waals surface area contributed by atoms with Crippen LogP contribution in [0.25, 0.3) is 0 Å². The summed E-state index contributed by atoms with van der Waals surface area (Å²) in [5.74, 6) is -1.66. The number of carbonyl (C=O) groups is 1. The van der Waals surface area contributed by atoms with Gasteiger partial charge in [-0.25, -0.2) is 13.1 Å². The maximum Gasteiger partial charge on any atom is 0.307 e. The highest BCUT2D eigenvalue weighted by Gasteiger charge is 2.25. The molecule has 0 spiro atoms. The smallest absolute Gasteiger partial charge is 0.307 e. The molecule has 0 aliphatic heterocycles. The van der Waals surface area contributed by atoms with E-state index >= 15 is 0 Å². The molecule has 0 aromatic carbocycles. The molecular formula is C11H15Cl2NO4S2. The lowest BCUT2D eigenvalue weighted by Crippen LogP contribution is -2.33. The van der Waals surface area contributed by atoms with E-state index in [1.807, 2.05) is 13.8 Å². The Morgan fingerprint density at radius 2 is 2.05 bits per heavy atom. The van der Waals surface area contributed by atoms with Crippen LogP contribution in [0.2, 0.25) is 8.67 Å². The topological polar surface area (TPSA) is 83.5 Å². The molecule has 0 amide bonds. The van der Waals surface area contributed by atoms with Crippen molar-refractivity contribution in [2.45, 2.75) is 25.2 Å². The zero-order chi connectivity index (χ0) is 15.5. The molecule has 114 valence electrons. The van der Waals surface area contributed by atoms with Crippen LogP contribution in [0.3, 0.4) is 0 Å². The molecule has 0 aliphatic rings. The summed E-state index contributed by atoms with van der Waals surface area (Å²) < 4.78 is 26.7. The summed E-state index contributed by atoms with van der Waals surface area (Å²) in [5, 5.41) is 9.07. The van der Waals surface area contributed by atoms with Crippen molar-refractivity contribution in [2.24, 2.45) is 11.8 Å². The van der Waals surface area contributed by atoms with Crippen LogP contribution in [0.5, 0.6) is 0 Å². The van der Waals surface area contributed by atoms with Crippen molar-refractivity contribution >= 4 is 50.5 Å². The summed E-state index contributed by atoms with van der Waals surface area (Å²) >= 11 is 12.4. The van der Waals surface area contributed by atoms with Crippen LogP contribution in [0, 0.1) is 11.8 Å². The minimum atomic E-state index is -3.85. The van der Waals surface area contributed by atoms with Gasteiger partial charge in [0.2, 0.25) is 10.0 Å². The Morgan fingerprint density at radius 3 is 2.45 bits per heavy atom. The van der Waals surface area contributed by atoms with Crippen molar-refractivity contribution in [2.75, 3.05) is 6.54 Å². The second-order valence-electron chi connectivity index (χ2n) is 4.71. The third-order valence-electron chi connectivity index (χ3n) is 2.54. The molecule has 2 N–H and O–H groups in total. The number of halogens is 2.